The average Bonchev–Trinajstić information content (AvgIpc) is 3.29. The predicted octanol–water partition coefficient (Wildman–Crippen LogP) is 3.25. The van der Waals surface area contributed by atoms with E-state index in [0.717, 1.165) is 28.2 Å². The summed E-state index contributed by atoms with van der Waals surface area (Å²) in [4.78, 5) is 15.4. The van der Waals surface area contributed by atoms with Crippen molar-refractivity contribution in [1.82, 2.24) is 15.6 Å². The van der Waals surface area contributed by atoms with Crippen LogP contribution in [0, 0.1) is 11.7 Å². The van der Waals surface area contributed by atoms with Gasteiger partial charge in [0, 0.05) is 46.9 Å². The number of halogens is 1. The predicted molar refractivity (Wildman–Crippen MR) is 101 cm³/mol. The minimum atomic E-state index is -0.297. The Morgan fingerprint density at radius 1 is 1.33 bits per heavy atom. The molecule has 0 bridgehead atoms. The number of hydrogen-bond donors (Lipinski definition) is 3. The highest BCUT2D eigenvalue weighted by Gasteiger charge is 2.34. The van der Waals surface area contributed by atoms with Crippen molar-refractivity contribution >= 4 is 12.0 Å². The van der Waals surface area contributed by atoms with Gasteiger partial charge in [-0.05, 0) is 55.0 Å². The molecule has 6 heteroatoms. The van der Waals surface area contributed by atoms with Crippen molar-refractivity contribution in [3.8, 4) is 5.75 Å². The van der Waals surface area contributed by atoms with Gasteiger partial charge in [0.05, 0.1) is 7.11 Å². The lowest BCUT2D eigenvalue weighted by atomic mass is 9.90. The van der Waals surface area contributed by atoms with Crippen LogP contribution in [0.1, 0.15) is 17.7 Å². The van der Waals surface area contributed by atoms with E-state index < -0.39 is 0 Å². The summed E-state index contributed by atoms with van der Waals surface area (Å²) in [5, 5.41) is 6.28. The second-order valence-corrected chi connectivity index (χ2v) is 6.56. The second kappa shape index (κ2) is 7.15. The molecule has 4 rings (SSSR count). The van der Waals surface area contributed by atoms with Crippen LogP contribution in [0.4, 0.5) is 4.39 Å². The maximum atomic E-state index is 13.5. The number of aromatic amines is 1. The summed E-state index contributed by atoms with van der Waals surface area (Å²) in [5.41, 5.74) is 4.28. The van der Waals surface area contributed by atoms with E-state index in [1.54, 1.807) is 13.2 Å². The van der Waals surface area contributed by atoms with Gasteiger partial charge >= 0.3 is 0 Å². The van der Waals surface area contributed by atoms with Crippen LogP contribution in [-0.4, -0.2) is 18.0 Å². The number of nitrogens with one attached hydrogen (secondary N) is 3. The number of amides is 1. The summed E-state index contributed by atoms with van der Waals surface area (Å²) in [7, 11) is 1.57. The molecule has 1 saturated heterocycles. The molecule has 1 atom stereocenters. The molecule has 2 aromatic rings. The van der Waals surface area contributed by atoms with Gasteiger partial charge in [0.25, 0.3) is 5.91 Å². The first-order valence-corrected chi connectivity index (χ1v) is 8.77. The van der Waals surface area contributed by atoms with E-state index in [0.29, 0.717) is 18.7 Å². The lowest BCUT2D eigenvalue weighted by Gasteiger charge is -2.20. The molecule has 1 unspecified atom stereocenters. The number of carbonyl (C=O) groups excluding carboxylic acids is 1. The van der Waals surface area contributed by atoms with Crippen LogP contribution in [-0.2, 0) is 11.3 Å². The van der Waals surface area contributed by atoms with E-state index in [1.807, 2.05) is 36.6 Å². The number of methoxy groups -OCH3 is 1. The Bertz CT molecular complexity index is 958. The summed E-state index contributed by atoms with van der Waals surface area (Å²) in [6, 6.07) is 8.29. The van der Waals surface area contributed by atoms with Gasteiger partial charge in [0.2, 0.25) is 0 Å². The molecule has 1 amide bonds. The van der Waals surface area contributed by atoms with Crippen molar-refractivity contribution in [1.29, 1.82) is 0 Å². The van der Waals surface area contributed by atoms with Gasteiger partial charge in [-0.2, -0.15) is 0 Å². The fourth-order valence-electron chi connectivity index (χ4n) is 3.47. The van der Waals surface area contributed by atoms with E-state index in [9.17, 15) is 9.18 Å². The van der Waals surface area contributed by atoms with Crippen LogP contribution < -0.4 is 15.4 Å². The van der Waals surface area contributed by atoms with Gasteiger partial charge in [-0.1, -0.05) is 0 Å². The highest BCUT2D eigenvalue weighted by molar-refractivity contribution is 6.03. The van der Waals surface area contributed by atoms with E-state index >= 15 is 0 Å². The molecule has 27 heavy (non-hydrogen) atoms. The van der Waals surface area contributed by atoms with Crippen LogP contribution in [0.15, 0.2) is 65.6 Å². The SMILES string of the molecule is COc1ccc(F)cc1CNC1=CC=C2NC(=O)/C(=C\c3ccc[nH]3)C2C1. The highest BCUT2D eigenvalue weighted by atomic mass is 19.1. The molecule has 1 aromatic heterocycles. The van der Waals surface area contributed by atoms with Crippen LogP contribution in [0.2, 0.25) is 0 Å². The van der Waals surface area contributed by atoms with Crippen LogP contribution >= 0.6 is 0 Å². The fourth-order valence-corrected chi connectivity index (χ4v) is 3.47. The van der Waals surface area contributed by atoms with E-state index in [1.165, 1.54) is 12.1 Å². The van der Waals surface area contributed by atoms with E-state index in [4.69, 9.17) is 4.74 Å². The first-order valence-electron chi connectivity index (χ1n) is 8.77. The monoisotopic (exact) mass is 365 g/mol. The van der Waals surface area contributed by atoms with Crippen molar-refractivity contribution in [2.24, 2.45) is 5.92 Å². The minimum absolute atomic E-state index is 0.0114. The third-order valence-electron chi connectivity index (χ3n) is 4.84. The smallest absolute Gasteiger partial charge is 0.252 e. The van der Waals surface area contributed by atoms with Gasteiger partial charge in [-0.3, -0.25) is 4.79 Å². The molecular weight excluding hydrogens is 345 g/mol. The zero-order valence-corrected chi connectivity index (χ0v) is 14.9. The number of benzene rings is 1. The van der Waals surface area contributed by atoms with Crippen molar-refractivity contribution in [2.75, 3.05) is 7.11 Å². The zero-order chi connectivity index (χ0) is 18.8. The van der Waals surface area contributed by atoms with Crippen molar-refractivity contribution in [3.05, 3.63) is 82.7 Å². The van der Waals surface area contributed by atoms with Crippen LogP contribution in [0.5, 0.6) is 5.75 Å². The standard InChI is InChI=1S/C21H20FN3O2/c1-27-20-7-4-14(22)9-13(20)12-24-16-5-6-19-17(10-16)18(21(26)25-19)11-15-3-2-8-23-15/h2-9,11,17,23-24H,10,12H2,1H3,(H,25,26)/b18-11-. The molecule has 138 valence electrons. The van der Waals surface area contributed by atoms with Gasteiger partial charge < -0.3 is 20.4 Å². The number of aromatic nitrogens is 1. The molecule has 1 aliphatic heterocycles. The Balaban J connectivity index is 1.50. The minimum Gasteiger partial charge on any atom is -0.496 e. The Morgan fingerprint density at radius 2 is 2.22 bits per heavy atom. The lowest BCUT2D eigenvalue weighted by molar-refractivity contribution is -0.115. The molecule has 0 spiro atoms. The molecule has 5 nitrogen and oxygen atoms in total. The normalized spacial score (nSPS) is 20.0. The fraction of sp³-hybridized carbons (Fsp3) is 0.190. The van der Waals surface area contributed by atoms with Crippen LogP contribution in [0.3, 0.4) is 0 Å². The quantitative estimate of drug-likeness (QED) is 0.713. The summed E-state index contributed by atoms with van der Waals surface area (Å²) < 4.78 is 18.8. The molecular formula is C21H20FN3O2. The van der Waals surface area contributed by atoms with Crippen molar-refractivity contribution in [2.45, 2.75) is 13.0 Å². The number of fused-ring (bicyclic) bond motifs is 1. The number of rotatable bonds is 5. The molecule has 0 radical (unpaired) electrons. The molecule has 2 aliphatic rings. The molecule has 1 aromatic carbocycles. The number of allylic oxidation sites excluding steroid dienone is 4. The van der Waals surface area contributed by atoms with Crippen LogP contribution in [0.25, 0.3) is 6.08 Å². The summed E-state index contributed by atoms with van der Waals surface area (Å²) in [5.74, 6) is 0.265. The Labute approximate surface area is 156 Å². The average molecular weight is 365 g/mol. The van der Waals surface area contributed by atoms with Crippen molar-refractivity contribution < 1.29 is 13.9 Å². The summed E-state index contributed by atoms with van der Waals surface area (Å²) in [6.07, 6.45) is 8.27. The maximum absolute atomic E-state index is 13.5. The molecule has 1 fully saturated rings. The molecule has 2 heterocycles. The summed E-state index contributed by atoms with van der Waals surface area (Å²) in [6.45, 7) is 0.444. The first-order chi connectivity index (χ1) is 13.1. The first kappa shape index (κ1) is 17.1. The topological polar surface area (TPSA) is 66.2 Å². The third-order valence-corrected chi connectivity index (χ3v) is 4.84. The van der Waals surface area contributed by atoms with Gasteiger partial charge in [0.15, 0.2) is 0 Å². The number of ether oxygens (including phenoxy) is 1. The highest BCUT2D eigenvalue weighted by Crippen LogP contribution is 2.35. The number of hydrogen-bond acceptors (Lipinski definition) is 3. The Hall–Kier alpha value is -3.28. The molecule has 0 saturated carbocycles. The van der Waals surface area contributed by atoms with E-state index in [-0.39, 0.29) is 17.6 Å². The molecule has 3 N–H and O–H groups in total. The maximum Gasteiger partial charge on any atom is 0.252 e. The second-order valence-electron chi connectivity index (χ2n) is 6.56. The third kappa shape index (κ3) is 3.51. The molecule has 1 aliphatic carbocycles. The van der Waals surface area contributed by atoms with Gasteiger partial charge in [-0.15, -0.1) is 0 Å². The zero-order valence-electron chi connectivity index (χ0n) is 14.9. The Morgan fingerprint density at radius 3 is 3.00 bits per heavy atom. The number of H-pyrrole nitrogens is 1. The summed E-state index contributed by atoms with van der Waals surface area (Å²) >= 11 is 0. The van der Waals surface area contributed by atoms with Gasteiger partial charge in [0.1, 0.15) is 11.6 Å². The lowest BCUT2D eigenvalue weighted by Crippen LogP contribution is -2.20. The van der Waals surface area contributed by atoms with Gasteiger partial charge in [-0.25, -0.2) is 4.39 Å². The van der Waals surface area contributed by atoms with E-state index in [2.05, 4.69) is 15.6 Å². The Kier molecular flexibility index (Phi) is 4.54. The largest absolute Gasteiger partial charge is 0.496 e. The van der Waals surface area contributed by atoms with Crippen molar-refractivity contribution in [3.63, 3.8) is 0 Å². The number of carbonyl (C=O) groups is 1.